The van der Waals surface area contributed by atoms with Gasteiger partial charge in [-0.1, -0.05) is 54.9 Å². The lowest BCUT2D eigenvalue weighted by Gasteiger charge is -2.68. The van der Waals surface area contributed by atoms with Crippen molar-refractivity contribution >= 4 is 25.0 Å². The molecule has 0 radical (unpaired) electrons. The molecule has 0 aromatic heterocycles. The third-order valence-corrected chi connectivity index (χ3v) is 20.2. The first-order valence-corrected chi connectivity index (χ1v) is 27.9. The molecule has 4 nitrogen and oxygen atoms in total. The summed E-state index contributed by atoms with van der Waals surface area (Å²) < 4.78 is 22.0. The average molecular weight is 653 g/mol. The smallest absolute Gasteiger partial charge is 0.192 e. The van der Waals surface area contributed by atoms with Crippen LogP contribution in [0.5, 0.6) is 0 Å². The standard InChI is InChI=1S/C36H72O4Si3/c1-16-26-29-21-25(38-43(14,15)34(3,4)5)19-20-35(29,6)30-22-31(39-41(8,9)10)36(7)27(24(2)23-37)17-18-28(36)32(30)33(26)40-42(11,12)13/h24-33,37H,16-23H2,1-15H3/t24-,25?,26-,27-,28+,29+,30+,31?,32+,33?,35+,36-/m1/s1. The van der Waals surface area contributed by atoms with E-state index in [9.17, 15) is 5.11 Å². The van der Waals surface area contributed by atoms with Gasteiger partial charge in [0, 0.05) is 12.7 Å². The van der Waals surface area contributed by atoms with E-state index >= 15 is 0 Å². The van der Waals surface area contributed by atoms with Crippen LogP contribution in [0.4, 0.5) is 0 Å². The van der Waals surface area contributed by atoms with E-state index in [1.807, 2.05) is 0 Å². The van der Waals surface area contributed by atoms with Crippen LogP contribution in [-0.2, 0) is 13.3 Å². The van der Waals surface area contributed by atoms with Gasteiger partial charge in [-0.3, -0.25) is 0 Å². The van der Waals surface area contributed by atoms with Crippen LogP contribution < -0.4 is 0 Å². The molecular formula is C36H72O4Si3. The second-order valence-electron chi connectivity index (χ2n) is 19.6. The molecule has 0 spiro atoms. The lowest BCUT2D eigenvalue weighted by molar-refractivity contribution is -0.221. The predicted octanol–water partition coefficient (Wildman–Crippen LogP) is 9.96. The van der Waals surface area contributed by atoms with E-state index in [0.29, 0.717) is 59.0 Å². The second kappa shape index (κ2) is 12.2. The Morgan fingerprint density at radius 1 is 0.814 bits per heavy atom. The first-order chi connectivity index (χ1) is 19.5. The fourth-order valence-electron chi connectivity index (χ4n) is 10.8. The van der Waals surface area contributed by atoms with Gasteiger partial charge in [0.1, 0.15) is 0 Å². The Kier molecular flexibility index (Phi) is 10.3. The molecule has 4 rings (SSSR count). The molecule has 0 bridgehead atoms. The lowest BCUT2D eigenvalue weighted by atomic mass is 9.41. The minimum absolute atomic E-state index is 0.0920. The quantitative estimate of drug-likeness (QED) is 0.252. The molecule has 4 saturated carbocycles. The van der Waals surface area contributed by atoms with Gasteiger partial charge >= 0.3 is 0 Å². The third-order valence-electron chi connectivity index (χ3n) is 13.7. The van der Waals surface area contributed by atoms with Gasteiger partial charge in [-0.2, -0.15) is 0 Å². The van der Waals surface area contributed by atoms with Crippen molar-refractivity contribution in [2.24, 2.45) is 52.3 Å². The van der Waals surface area contributed by atoms with Gasteiger partial charge in [0.25, 0.3) is 0 Å². The highest BCUT2D eigenvalue weighted by Gasteiger charge is 2.68. The average Bonchev–Trinajstić information content (AvgIpc) is 3.20. The summed E-state index contributed by atoms with van der Waals surface area (Å²) in [7, 11) is -5.43. The van der Waals surface area contributed by atoms with Crippen molar-refractivity contribution in [1.29, 1.82) is 0 Å². The van der Waals surface area contributed by atoms with Crippen LogP contribution >= 0.6 is 0 Å². The molecule has 7 heteroatoms. The fourth-order valence-corrected chi connectivity index (χ4v) is 14.6. The molecule has 3 unspecified atom stereocenters. The maximum atomic E-state index is 10.4. The van der Waals surface area contributed by atoms with Crippen LogP contribution in [0.15, 0.2) is 0 Å². The van der Waals surface area contributed by atoms with Crippen LogP contribution in [0.3, 0.4) is 0 Å². The molecular weight excluding hydrogens is 581 g/mol. The minimum Gasteiger partial charge on any atom is -0.414 e. The monoisotopic (exact) mass is 652 g/mol. The summed E-state index contributed by atoms with van der Waals surface area (Å²) in [6.45, 7) is 36.7. The number of aliphatic hydroxyl groups excluding tert-OH is 1. The first-order valence-electron chi connectivity index (χ1n) is 18.1. The Balaban J connectivity index is 1.81. The zero-order valence-electron chi connectivity index (χ0n) is 31.1. The number of fused-ring (bicyclic) bond motifs is 5. The predicted molar refractivity (Wildman–Crippen MR) is 190 cm³/mol. The third kappa shape index (κ3) is 6.76. The van der Waals surface area contributed by atoms with E-state index in [1.54, 1.807) is 0 Å². The van der Waals surface area contributed by atoms with Crippen LogP contribution in [0.1, 0.15) is 93.4 Å². The van der Waals surface area contributed by atoms with E-state index in [1.165, 1.54) is 44.9 Å². The molecule has 0 saturated heterocycles. The number of rotatable bonds is 9. The van der Waals surface area contributed by atoms with Gasteiger partial charge < -0.3 is 18.4 Å². The first kappa shape index (κ1) is 36.3. The Labute approximate surface area is 270 Å². The number of hydrogen-bond donors (Lipinski definition) is 1. The van der Waals surface area contributed by atoms with Gasteiger partial charge in [0.05, 0.1) is 12.2 Å². The van der Waals surface area contributed by atoms with Gasteiger partial charge in [-0.15, -0.1) is 0 Å². The van der Waals surface area contributed by atoms with Gasteiger partial charge in [0.2, 0.25) is 0 Å². The van der Waals surface area contributed by atoms with E-state index in [-0.39, 0.29) is 23.2 Å². The summed E-state index contributed by atoms with van der Waals surface area (Å²) in [6, 6.07) is 0. The molecule has 0 aromatic rings. The van der Waals surface area contributed by atoms with Crippen molar-refractivity contribution in [3.63, 3.8) is 0 Å². The number of aliphatic hydroxyl groups is 1. The zero-order valence-corrected chi connectivity index (χ0v) is 34.1. The molecule has 252 valence electrons. The summed E-state index contributed by atoms with van der Waals surface area (Å²) >= 11 is 0. The topological polar surface area (TPSA) is 47.9 Å². The highest BCUT2D eigenvalue weighted by Crippen LogP contribution is 2.70. The number of hydrogen-bond acceptors (Lipinski definition) is 4. The molecule has 0 heterocycles. The molecule has 12 atom stereocenters. The van der Waals surface area contributed by atoms with Crippen LogP contribution in [0.25, 0.3) is 0 Å². The Morgan fingerprint density at radius 2 is 1.42 bits per heavy atom. The Hall–Kier alpha value is 0.491. The largest absolute Gasteiger partial charge is 0.414 e. The second-order valence-corrected chi connectivity index (χ2v) is 33.3. The van der Waals surface area contributed by atoms with Crippen LogP contribution in [-0.4, -0.2) is 55.0 Å². The highest BCUT2D eigenvalue weighted by molar-refractivity contribution is 6.74. The van der Waals surface area contributed by atoms with E-state index in [4.69, 9.17) is 13.3 Å². The summed E-state index contributed by atoms with van der Waals surface area (Å²) in [6.07, 6.45) is 9.48. The van der Waals surface area contributed by atoms with Crippen LogP contribution in [0.2, 0.25) is 57.4 Å². The maximum Gasteiger partial charge on any atom is 0.192 e. The Morgan fingerprint density at radius 3 is 1.93 bits per heavy atom. The van der Waals surface area contributed by atoms with E-state index in [2.05, 4.69) is 101 Å². The van der Waals surface area contributed by atoms with Crippen molar-refractivity contribution in [3.05, 3.63) is 0 Å². The van der Waals surface area contributed by atoms with Crippen LogP contribution in [0, 0.1) is 52.3 Å². The molecule has 4 aliphatic carbocycles. The van der Waals surface area contributed by atoms with E-state index in [0.717, 1.165) is 0 Å². The fraction of sp³-hybridized carbons (Fsp3) is 1.00. The molecule has 0 aliphatic heterocycles. The molecule has 43 heavy (non-hydrogen) atoms. The van der Waals surface area contributed by atoms with Crippen molar-refractivity contribution in [2.45, 2.75) is 169 Å². The summed E-state index contributed by atoms with van der Waals surface area (Å²) in [5.41, 5.74) is 0.385. The molecule has 4 aliphatic rings. The molecule has 4 fully saturated rings. The van der Waals surface area contributed by atoms with Crippen molar-refractivity contribution in [3.8, 4) is 0 Å². The summed E-state index contributed by atoms with van der Waals surface area (Å²) in [5.74, 6) is 3.84. The van der Waals surface area contributed by atoms with Gasteiger partial charge in [0.15, 0.2) is 25.0 Å². The van der Waals surface area contributed by atoms with Crippen molar-refractivity contribution in [2.75, 3.05) is 6.61 Å². The highest BCUT2D eigenvalue weighted by atomic mass is 28.4. The molecule has 0 aromatic carbocycles. The minimum atomic E-state index is -1.84. The maximum absolute atomic E-state index is 10.4. The molecule has 0 amide bonds. The Bertz CT molecular complexity index is 967. The normalized spacial score (nSPS) is 43.1. The van der Waals surface area contributed by atoms with Gasteiger partial charge in [-0.25, -0.2) is 0 Å². The van der Waals surface area contributed by atoms with Crippen molar-refractivity contribution in [1.82, 2.24) is 0 Å². The van der Waals surface area contributed by atoms with Gasteiger partial charge in [-0.05, 0) is 148 Å². The van der Waals surface area contributed by atoms with Crippen molar-refractivity contribution < 1.29 is 18.4 Å². The lowest BCUT2D eigenvalue weighted by Crippen LogP contribution is -2.67. The summed E-state index contributed by atoms with van der Waals surface area (Å²) in [4.78, 5) is 0. The molecule has 1 N–H and O–H groups in total. The van der Waals surface area contributed by atoms with E-state index < -0.39 is 25.0 Å². The SMILES string of the molecule is CC[C@H]1C(O[Si](C)(C)C)[C@@H]2[C@H](CC(O[Si](C)(C)C)[C@]3(C)[C@@H]([C@H](C)CO)CC[C@@H]23)[C@@]2(C)CCC(O[Si](C)(C)C(C)(C)C)C[C@@H]12. The zero-order chi connectivity index (χ0) is 32.6. The summed E-state index contributed by atoms with van der Waals surface area (Å²) in [5, 5.41) is 10.7.